The standard InChI is InChI=1S/C19H23F3N2/c1-10-12(3)16(23)8-6-14(10)18(5,19(20,21)22)15-7-9-17(24)13(4)11(15)2/h6-9H,23-24H2,1-5H3. The van der Waals surface area contributed by atoms with E-state index in [0.29, 0.717) is 33.6 Å². The minimum absolute atomic E-state index is 0.217. The molecule has 2 aromatic carbocycles. The van der Waals surface area contributed by atoms with E-state index in [1.807, 2.05) is 0 Å². The largest absolute Gasteiger partial charge is 0.402 e. The first-order valence-electron chi connectivity index (χ1n) is 7.72. The van der Waals surface area contributed by atoms with Gasteiger partial charge in [-0.05, 0) is 80.1 Å². The second-order valence-electron chi connectivity index (χ2n) is 6.53. The summed E-state index contributed by atoms with van der Waals surface area (Å²) in [6, 6.07) is 6.05. The summed E-state index contributed by atoms with van der Waals surface area (Å²) in [6.45, 7) is 8.08. The van der Waals surface area contributed by atoms with Crippen molar-refractivity contribution in [2.45, 2.75) is 46.2 Å². The SMILES string of the molecule is Cc1c(N)ccc(C(C)(c2ccc(N)c(C)c2C)C(F)(F)F)c1C. The Morgan fingerprint density at radius 1 is 0.667 bits per heavy atom. The molecular weight excluding hydrogens is 313 g/mol. The molecule has 2 aromatic rings. The average Bonchev–Trinajstić information content (AvgIpc) is 2.49. The zero-order valence-electron chi connectivity index (χ0n) is 14.6. The van der Waals surface area contributed by atoms with E-state index in [4.69, 9.17) is 11.5 Å². The first kappa shape index (κ1) is 18.2. The van der Waals surface area contributed by atoms with Gasteiger partial charge in [0.25, 0.3) is 0 Å². The molecule has 4 N–H and O–H groups in total. The van der Waals surface area contributed by atoms with Crippen LogP contribution in [0.1, 0.15) is 40.3 Å². The fraction of sp³-hybridized carbons (Fsp3) is 0.368. The highest BCUT2D eigenvalue weighted by atomic mass is 19.4. The van der Waals surface area contributed by atoms with Crippen LogP contribution in [0.15, 0.2) is 24.3 Å². The number of rotatable bonds is 2. The molecule has 2 nitrogen and oxygen atoms in total. The van der Waals surface area contributed by atoms with Crippen LogP contribution in [0.2, 0.25) is 0 Å². The van der Waals surface area contributed by atoms with Gasteiger partial charge in [-0.15, -0.1) is 0 Å². The monoisotopic (exact) mass is 336 g/mol. The molecule has 0 heterocycles. The van der Waals surface area contributed by atoms with Crippen molar-refractivity contribution in [3.63, 3.8) is 0 Å². The first-order valence-corrected chi connectivity index (χ1v) is 7.72. The van der Waals surface area contributed by atoms with Gasteiger partial charge in [0.1, 0.15) is 5.41 Å². The van der Waals surface area contributed by atoms with Crippen molar-refractivity contribution in [3.8, 4) is 0 Å². The molecule has 0 atom stereocenters. The highest BCUT2D eigenvalue weighted by Gasteiger charge is 2.54. The minimum atomic E-state index is -4.46. The van der Waals surface area contributed by atoms with Crippen molar-refractivity contribution in [1.82, 2.24) is 0 Å². The molecular formula is C19H23F3N2. The van der Waals surface area contributed by atoms with E-state index < -0.39 is 11.6 Å². The quantitative estimate of drug-likeness (QED) is 0.762. The smallest absolute Gasteiger partial charge is 0.399 e. The number of alkyl halides is 3. The molecule has 24 heavy (non-hydrogen) atoms. The third-order valence-corrected chi connectivity index (χ3v) is 5.30. The Kier molecular flexibility index (Phi) is 4.33. The van der Waals surface area contributed by atoms with Crippen LogP contribution in [-0.4, -0.2) is 6.18 Å². The lowest BCUT2D eigenvalue weighted by molar-refractivity contribution is -0.173. The van der Waals surface area contributed by atoms with Crippen molar-refractivity contribution in [2.75, 3.05) is 11.5 Å². The van der Waals surface area contributed by atoms with Crippen molar-refractivity contribution in [2.24, 2.45) is 0 Å². The summed E-state index contributed by atoms with van der Waals surface area (Å²) < 4.78 is 42.7. The lowest BCUT2D eigenvalue weighted by Gasteiger charge is -2.36. The molecule has 0 fully saturated rings. The molecule has 0 amide bonds. The molecule has 0 aliphatic carbocycles. The van der Waals surface area contributed by atoms with Crippen LogP contribution in [0, 0.1) is 27.7 Å². The predicted molar refractivity (Wildman–Crippen MR) is 93.2 cm³/mol. The molecule has 0 radical (unpaired) electrons. The third kappa shape index (κ3) is 2.52. The van der Waals surface area contributed by atoms with E-state index in [1.54, 1.807) is 39.8 Å². The number of halogens is 3. The number of nitrogens with two attached hydrogens (primary N) is 2. The Labute approximate surface area is 140 Å². The van der Waals surface area contributed by atoms with E-state index in [9.17, 15) is 13.2 Å². The topological polar surface area (TPSA) is 52.0 Å². The van der Waals surface area contributed by atoms with Crippen LogP contribution in [-0.2, 0) is 5.41 Å². The van der Waals surface area contributed by atoms with E-state index in [0.717, 1.165) is 0 Å². The molecule has 0 saturated heterocycles. The maximum Gasteiger partial charge on any atom is 0.402 e. The highest BCUT2D eigenvalue weighted by Crippen LogP contribution is 2.49. The van der Waals surface area contributed by atoms with Gasteiger partial charge in [-0.3, -0.25) is 0 Å². The first-order chi connectivity index (χ1) is 10.9. The number of hydrogen-bond donors (Lipinski definition) is 2. The Morgan fingerprint density at radius 2 is 1.00 bits per heavy atom. The Bertz CT molecular complexity index is 735. The Balaban J connectivity index is 2.89. The molecule has 0 aromatic heterocycles. The minimum Gasteiger partial charge on any atom is -0.399 e. The Hall–Kier alpha value is -2.17. The number of anilines is 2. The Morgan fingerprint density at radius 3 is 1.29 bits per heavy atom. The van der Waals surface area contributed by atoms with Crippen LogP contribution in [0.5, 0.6) is 0 Å². The lowest BCUT2D eigenvalue weighted by atomic mass is 9.71. The molecule has 0 unspecified atom stereocenters. The van der Waals surface area contributed by atoms with Gasteiger partial charge < -0.3 is 11.5 Å². The molecule has 0 spiro atoms. The summed E-state index contributed by atoms with van der Waals surface area (Å²) in [6.07, 6.45) is -4.46. The van der Waals surface area contributed by atoms with Gasteiger partial charge in [0.2, 0.25) is 0 Å². The average molecular weight is 336 g/mol. The summed E-state index contributed by atoms with van der Waals surface area (Å²) in [5.41, 5.74) is 13.5. The summed E-state index contributed by atoms with van der Waals surface area (Å²) in [4.78, 5) is 0. The van der Waals surface area contributed by atoms with Gasteiger partial charge in [-0.2, -0.15) is 13.2 Å². The van der Waals surface area contributed by atoms with Gasteiger partial charge in [0, 0.05) is 11.4 Å². The molecule has 0 bridgehead atoms. The van der Waals surface area contributed by atoms with Gasteiger partial charge in [-0.1, -0.05) is 12.1 Å². The molecule has 5 heteroatoms. The fourth-order valence-corrected chi connectivity index (χ4v) is 3.22. The van der Waals surface area contributed by atoms with Crippen molar-refractivity contribution in [3.05, 3.63) is 57.6 Å². The third-order valence-electron chi connectivity index (χ3n) is 5.30. The van der Waals surface area contributed by atoms with Gasteiger partial charge in [-0.25, -0.2) is 0 Å². The van der Waals surface area contributed by atoms with E-state index in [2.05, 4.69) is 0 Å². The van der Waals surface area contributed by atoms with Crippen molar-refractivity contribution < 1.29 is 13.2 Å². The van der Waals surface area contributed by atoms with Crippen molar-refractivity contribution >= 4 is 11.4 Å². The molecule has 0 aliphatic rings. The zero-order chi connectivity index (χ0) is 18.4. The summed E-state index contributed by atoms with van der Waals surface area (Å²) >= 11 is 0. The second-order valence-corrected chi connectivity index (χ2v) is 6.53. The maximum absolute atomic E-state index is 14.2. The predicted octanol–water partition coefficient (Wildman–Crippen LogP) is 4.95. The zero-order valence-corrected chi connectivity index (χ0v) is 14.6. The van der Waals surface area contributed by atoms with Gasteiger partial charge >= 0.3 is 6.18 Å². The summed E-state index contributed by atoms with van der Waals surface area (Å²) in [5.74, 6) is 0. The fourth-order valence-electron chi connectivity index (χ4n) is 3.22. The van der Waals surface area contributed by atoms with E-state index >= 15 is 0 Å². The highest BCUT2D eigenvalue weighted by molar-refractivity contribution is 5.61. The summed E-state index contributed by atoms with van der Waals surface area (Å²) in [5, 5.41) is 0. The number of nitrogen functional groups attached to an aromatic ring is 2. The molecule has 130 valence electrons. The van der Waals surface area contributed by atoms with Gasteiger partial charge in [0.05, 0.1) is 0 Å². The van der Waals surface area contributed by atoms with Crippen LogP contribution in [0.3, 0.4) is 0 Å². The maximum atomic E-state index is 14.2. The molecule has 0 saturated carbocycles. The number of benzene rings is 2. The van der Waals surface area contributed by atoms with Crippen LogP contribution >= 0.6 is 0 Å². The number of hydrogen-bond acceptors (Lipinski definition) is 2. The van der Waals surface area contributed by atoms with E-state index in [-0.39, 0.29) is 11.1 Å². The molecule has 2 rings (SSSR count). The van der Waals surface area contributed by atoms with Crippen LogP contribution in [0.25, 0.3) is 0 Å². The van der Waals surface area contributed by atoms with E-state index in [1.165, 1.54) is 19.1 Å². The van der Waals surface area contributed by atoms with Gasteiger partial charge in [0.15, 0.2) is 0 Å². The van der Waals surface area contributed by atoms with Crippen molar-refractivity contribution in [1.29, 1.82) is 0 Å². The normalized spacial score (nSPS) is 12.5. The second kappa shape index (κ2) is 5.72. The van der Waals surface area contributed by atoms with Crippen LogP contribution in [0.4, 0.5) is 24.5 Å². The summed E-state index contributed by atoms with van der Waals surface area (Å²) in [7, 11) is 0. The molecule has 0 aliphatic heterocycles. The van der Waals surface area contributed by atoms with Crippen LogP contribution < -0.4 is 11.5 Å². The lowest BCUT2D eigenvalue weighted by Crippen LogP contribution is -2.42.